The van der Waals surface area contributed by atoms with E-state index in [-0.39, 0.29) is 31.0 Å². The van der Waals surface area contributed by atoms with Crippen LogP contribution in [0.2, 0.25) is 0 Å². The van der Waals surface area contributed by atoms with E-state index in [2.05, 4.69) is 29.8 Å². The van der Waals surface area contributed by atoms with Gasteiger partial charge < -0.3 is 39.5 Å². The standard InChI is InChI=1S/C38H70O16P2/c1-4-5-12-18-30(39)22-23-34-33(35(41)24-36(34)42)19-14-10-11-16-21-38(44)54-32(27-50-37(43)20-15-9-7-6-8-13-17-29(2)3)28-53-56(48,49)52-26-31(40)25-51-55(45,46)47/h22-23,29-35,39-41H,4-21,24-28H2,1-3H3,(H,48,49)(H2,45,46,47)/b23-22+/t30-,31-,32+,33+,34+,35-/m0/s1. The van der Waals surface area contributed by atoms with E-state index in [0.29, 0.717) is 44.4 Å². The largest absolute Gasteiger partial charge is 0.472 e. The van der Waals surface area contributed by atoms with Gasteiger partial charge in [0.05, 0.1) is 32.0 Å². The second-order valence-corrected chi connectivity index (χ2v) is 17.9. The average Bonchev–Trinajstić information content (AvgIpc) is 3.39. The molecule has 1 unspecified atom stereocenters. The molecule has 1 saturated carbocycles. The molecule has 16 nitrogen and oxygen atoms in total. The number of aliphatic hydroxyl groups is 3. The van der Waals surface area contributed by atoms with Crippen LogP contribution >= 0.6 is 15.6 Å². The number of hydrogen-bond donors (Lipinski definition) is 6. The number of rotatable bonds is 34. The highest BCUT2D eigenvalue weighted by Gasteiger charge is 2.39. The number of Topliss-reactive ketones (excluding diaryl/α,β-unsaturated/α-hetero) is 1. The fourth-order valence-electron chi connectivity index (χ4n) is 6.32. The molecule has 1 aliphatic rings. The second-order valence-electron chi connectivity index (χ2n) is 15.2. The van der Waals surface area contributed by atoms with Crippen molar-refractivity contribution in [1.29, 1.82) is 0 Å². The lowest BCUT2D eigenvalue weighted by atomic mass is 9.88. The summed E-state index contributed by atoms with van der Waals surface area (Å²) in [6, 6.07) is 0. The number of carbonyl (C=O) groups excluding carboxylic acids is 3. The van der Waals surface area contributed by atoms with Crippen molar-refractivity contribution in [3.05, 3.63) is 12.2 Å². The van der Waals surface area contributed by atoms with Gasteiger partial charge in [-0.25, -0.2) is 9.13 Å². The van der Waals surface area contributed by atoms with Crippen LogP contribution in [-0.2, 0) is 46.6 Å². The molecule has 328 valence electrons. The van der Waals surface area contributed by atoms with E-state index in [1.807, 2.05) is 0 Å². The van der Waals surface area contributed by atoms with Gasteiger partial charge in [0.25, 0.3) is 0 Å². The van der Waals surface area contributed by atoms with Crippen LogP contribution in [-0.4, -0.2) is 98.6 Å². The summed E-state index contributed by atoms with van der Waals surface area (Å²) in [5.74, 6) is -1.23. The maximum Gasteiger partial charge on any atom is 0.472 e. The molecule has 0 saturated heterocycles. The Labute approximate surface area is 332 Å². The molecule has 0 aromatic heterocycles. The second kappa shape index (κ2) is 29.6. The maximum absolute atomic E-state index is 12.7. The molecule has 0 spiro atoms. The summed E-state index contributed by atoms with van der Waals surface area (Å²) in [6.07, 6.45) is 13.1. The fraction of sp³-hybridized carbons (Fsp3) is 0.868. The fourth-order valence-corrected chi connectivity index (χ4v) is 7.47. The lowest BCUT2D eigenvalue weighted by Crippen LogP contribution is -2.30. The Morgan fingerprint density at radius 2 is 1.34 bits per heavy atom. The topological polar surface area (TPSA) is 253 Å². The Bertz CT molecular complexity index is 1220. The van der Waals surface area contributed by atoms with E-state index in [1.54, 1.807) is 12.2 Å². The quantitative estimate of drug-likeness (QED) is 0.0182. The Morgan fingerprint density at radius 3 is 1.98 bits per heavy atom. The number of phosphoric acid groups is 2. The summed E-state index contributed by atoms with van der Waals surface area (Å²) in [5.41, 5.74) is 0. The van der Waals surface area contributed by atoms with Gasteiger partial charge in [-0.15, -0.1) is 0 Å². The van der Waals surface area contributed by atoms with Crippen molar-refractivity contribution in [3.8, 4) is 0 Å². The smallest absolute Gasteiger partial charge is 0.462 e. The monoisotopic (exact) mass is 844 g/mol. The van der Waals surface area contributed by atoms with Crippen LogP contribution in [0.25, 0.3) is 0 Å². The van der Waals surface area contributed by atoms with Gasteiger partial charge >= 0.3 is 27.6 Å². The first-order chi connectivity index (χ1) is 26.4. The van der Waals surface area contributed by atoms with Crippen molar-refractivity contribution < 1.29 is 76.6 Å². The van der Waals surface area contributed by atoms with Crippen molar-refractivity contribution in [3.63, 3.8) is 0 Å². The van der Waals surface area contributed by atoms with E-state index in [4.69, 9.17) is 23.8 Å². The number of ketones is 1. The van der Waals surface area contributed by atoms with Crippen molar-refractivity contribution >= 4 is 33.4 Å². The Kier molecular flexibility index (Phi) is 27.8. The van der Waals surface area contributed by atoms with Gasteiger partial charge in [-0.1, -0.05) is 110 Å². The van der Waals surface area contributed by atoms with Crippen molar-refractivity contribution in [2.24, 2.45) is 17.8 Å². The Balaban J connectivity index is 2.59. The normalized spacial score (nSPS) is 20.3. The van der Waals surface area contributed by atoms with E-state index in [9.17, 15) is 43.7 Å². The minimum absolute atomic E-state index is 0.00745. The van der Waals surface area contributed by atoms with E-state index < -0.39 is 84.3 Å². The zero-order chi connectivity index (χ0) is 42.0. The van der Waals surface area contributed by atoms with Crippen LogP contribution in [0.4, 0.5) is 0 Å². The average molecular weight is 845 g/mol. The third kappa shape index (κ3) is 27.2. The number of hydrogen-bond acceptors (Lipinski definition) is 13. The number of unbranched alkanes of at least 4 members (excludes halogenated alkanes) is 10. The lowest BCUT2D eigenvalue weighted by molar-refractivity contribution is -0.161. The number of phosphoric ester groups is 2. The Morgan fingerprint density at radius 1 is 0.768 bits per heavy atom. The summed E-state index contributed by atoms with van der Waals surface area (Å²) < 4.78 is 47.6. The molecular formula is C38H70O16P2. The van der Waals surface area contributed by atoms with Crippen molar-refractivity contribution in [2.75, 3.05) is 26.4 Å². The molecule has 1 fully saturated rings. The molecule has 0 amide bonds. The van der Waals surface area contributed by atoms with Crippen molar-refractivity contribution in [1.82, 2.24) is 0 Å². The molecule has 7 atom stereocenters. The van der Waals surface area contributed by atoms with Gasteiger partial charge in [0.1, 0.15) is 18.5 Å². The predicted octanol–water partition coefficient (Wildman–Crippen LogP) is 6.23. The first-order valence-corrected chi connectivity index (χ1v) is 23.4. The van der Waals surface area contributed by atoms with Gasteiger partial charge in [0, 0.05) is 25.2 Å². The highest BCUT2D eigenvalue weighted by atomic mass is 31.2. The molecule has 6 N–H and O–H groups in total. The third-order valence-corrected chi connectivity index (χ3v) is 10.9. The van der Waals surface area contributed by atoms with Gasteiger partial charge in [0.2, 0.25) is 0 Å². The third-order valence-electron chi connectivity index (χ3n) is 9.48. The van der Waals surface area contributed by atoms with Crippen LogP contribution in [0.15, 0.2) is 12.2 Å². The molecule has 0 aromatic carbocycles. The predicted molar refractivity (Wildman–Crippen MR) is 208 cm³/mol. The number of allylic oxidation sites excluding steroid dienone is 1. The molecule has 18 heteroatoms. The molecule has 0 heterocycles. The number of aliphatic hydroxyl groups excluding tert-OH is 3. The van der Waals surface area contributed by atoms with Crippen LogP contribution in [0.5, 0.6) is 0 Å². The first kappa shape index (κ1) is 52.5. The van der Waals surface area contributed by atoms with Gasteiger partial charge in [-0.05, 0) is 37.5 Å². The van der Waals surface area contributed by atoms with Gasteiger partial charge in [0.15, 0.2) is 6.10 Å². The highest BCUT2D eigenvalue weighted by Crippen LogP contribution is 2.44. The number of esters is 2. The SMILES string of the molecule is CCCCC[C@H](O)/C=C/[C@H]1C(=O)C[C@H](O)[C@@H]1CCCCCCC(=O)O[C@H](COC(=O)CCCCCCCCC(C)C)COP(=O)(O)OC[C@@H](O)COP(=O)(O)O. The lowest BCUT2D eigenvalue weighted by Gasteiger charge is -2.20. The zero-order valence-electron chi connectivity index (χ0n) is 33.6. The maximum atomic E-state index is 12.7. The zero-order valence-corrected chi connectivity index (χ0v) is 35.4. The molecule has 1 rings (SSSR count). The van der Waals surface area contributed by atoms with E-state index >= 15 is 0 Å². The van der Waals surface area contributed by atoms with Gasteiger partial charge in [-0.2, -0.15) is 0 Å². The minimum atomic E-state index is -4.89. The molecule has 0 radical (unpaired) electrons. The minimum Gasteiger partial charge on any atom is -0.462 e. The molecule has 56 heavy (non-hydrogen) atoms. The molecular weight excluding hydrogens is 774 g/mol. The Hall–Kier alpha value is -1.55. The van der Waals surface area contributed by atoms with Gasteiger partial charge in [-0.3, -0.25) is 28.0 Å². The number of ether oxygens (including phenoxy) is 2. The van der Waals surface area contributed by atoms with E-state index in [0.717, 1.165) is 51.4 Å². The summed E-state index contributed by atoms with van der Waals surface area (Å²) >= 11 is 0. The molecule has 0 aliphatic heterocycles. The van der Waals surface area contributed by atoms with Crippen LogP contribution in [0.1, 0.15) is 143 Å². The molecule has 0 bridgehead atoms. The van der Waals surface area contributed by atoms with E-state index in [1.165, 1.54) is 12.8 Å². The highest BCUT2D eigenvalue weighted by molar-refractivity contribution is 7.47. The summed E-state index contributed by atoms with van der Waals surface area (Å²) in [6.45, 7) is 3.56. The summed E-state index contributed by atoms with van der Waals surface area (Å²) in [7, 11) is -9.75. The van der Waals surface area contributed by atoms with Crippen LogP contribution in [0, 0.1) is 17.8 Å². The number of carbonyl (C=O) groups is 3. The molecule has 0 aromatic rings. The summed E-state index contributed by atoms with van der Waals surface area (Å²) in [4.78, 5) is 65.2. The molecule has 1 aliphatic carbocycles. The summed E-state index contributed by atoms with van der Waals surface area (Å²) in [5, 5.41) is 30.5. The van der Waals surface area contributed by atoms with Crippen LogP contribution in [0.3, 0.4) is 0 Å². The first-order valence-electron chi connectivity index (χ1n) is 20.3. The van der Waals surface area contributed by atoms with Crippen molar-refractivity contribution in [2.45, 2.75) is 167 Å². The van der Waals surface area contributed by atoms with Crippen LogP contribution < -0.4 is 0 Å².